The highest BCUT2D eigenvalue weighted by Gasteiger charge is 2.47. The summed E-state index contributed by atoms with van der Waals surface area (Å²) in [7, 11) is 0.246. The number of hydrogen-bond donors (Lipinski definition) is 1. The molecule has 5 rings (SSSR count). The minimum Gasteiger partial charge on any atom is -0.406 e. The number of aryl methyl sites for hydroxylation is 2. The molecule has 2 fully saturated rings. The summed E-state index contributed by atoms with van der Waals surface area (Å²) in [5.41, 5.74) is 1.88. The highest BCUT2D eigenvalue weighted by molar-refractivity contribution is 7.92. The lowest BCUT2D eigenvalue weighted by Gasteiger charge is -2.35. The van der Waals surface area contributed by atoms with E-state index >= 15 is 0 Å². The first-order valence-corrected chi connectivity index (χ1v) is 16.6. The molecule has 46 heavy (non-hydrogen) atoms. The molecule has 1 spiro atoms. The van der Waals surface area contributed by atoms with Crippen LogP contribution in [0.4, 0.5) is 13.2 Å². The fourth-order valence-corrected chi connectivity index (χ4v) is 7.48. The average Bonchev–Trinajstić information content (AvgIpc) is 3.30. The molecule has 3 heterocycles. The van der Waals surface area contributed by atoms with E-state index in [-0.39, 0.29) is 43.2 Å². The average molecular weight is 662 g/mol. The maximum absolute atomic E-state index is 13.3. The van der Waals surface area contributed by atoms with Crippen LogP contribution >= 0.6 is 0 Å². The van der Waals surface area contributed by atoms with Crippen molar-refractivity contribution in [2.75, 3.05) is 40.3 Å². The molecule has 3 aliphatic rings. The molecule has 0 aromatic heterocycles. The summed E-state index contributed by atoms with van der Waals surface area (Å²) in [5.74, 6) is -0.791. The van der Waals surface area contributed by atoms with Crippen molar-refractivity contribution in [2.24, 2.45) is 4.99 Å². The first-order chi connectivity index (χ1) is 21.6. The van der Waals surface area contributed by atoms with Crippen molar-refractivity contribution in [3.63, 3.8) is 0 Å². The monoisotopic (exact) mass is 661 g/mol. The molecular weight excluding hydrogens is 623 g/mol. The molecule has 0 atom stereocenters. The summed E-state index contributed by atoms with van der Waals surface area (Å²) in [6, 6.07) is 9.20. The largest absolute Gasteiger partial charge is 0.573 e. The van der Waals surface area contributed by atoms with Crippen LogP contribution in [0.5, 0.6) is 5.75 Å². The fraction of sp³-hybridized carbons (Fsp3) is 0.469. The minimum atomic E-state index is -4.86. The summed E-state index contributed by atoms with van der Waals surface area (Å²) in [6.45, 7) is 5.13. The number of alkyl halides is 3. The Labute approximate surface area is 266 Å². The number of hydrogen-bond acceptors (Lipinski definition) is 7. The molecule has 0 unspecified atom stereocenters. The maximum atomic E-state index is 13.3. The number of amides is 2. The molecular formula is C32H38F3N5O5S. The van der Waals surface area contributed by atoms with E-state index in [4.69, 9.17) is 0 Å². The number of carbonyl (C=O) groups excluding carboxylic acids is 2. The Bertz CT molecular complexity index is 1650. The summed E-state index contributed by atoms with van der Waals surface area (Å²) in [6.07, 6.45) is -1.28. The normalized spacial score (nSPS) is 19.6. The molecule has 248 valence electrons. The summed E-state index contributed by atoms with van der Waals surface area (Å²) in [4.78, 5) is 34.8. The van der Waals surface area contributed by atoms with Gasteiger partial charge in [0.15, 0.2) is 0 Å². The SMILES string of the molecule is Cc1cc(C(=O)N2CCC(N(C)C)CC2)cc(C)c1/C=C/S(=O)(=O)N1CCC2(CC1)N=C(c1cccc(OC(F)(F)F)c1)NC2=O. The van der Waals surface area contributed by atoms with Gasteiger partial charge in [-0.05, 0) is 101 Å². The Hall–Kier alpha value is -3.75. The van der Waals surface area contributed by atoms with Crippen LogP contribution in [0.15, 0.2) is 46.8 Å². The predicted octanol–water partition coefficient (Wildman–Crippen LogP) is 4.08. The van der Waals surface area contributed by atoms with Crippen LogP contribution in [0.3, 0.4) is 0 Å². The molecule has 0 radical (unpaired) electrons. The molecule has 0 saturated carbocycles. The number of nitrogens with zero attached hydrogens (tertiary/aromatic N) is 4. The van der Waals surface area contributed by atoms with Crippen LogP contribution < -0.4 is 10.1 Å². The molecule has 2 saturated heterocycles. The molecule has 0 aliphatic carbocycles. The second-order valence-corrected chi connectivity index (χ2v) is 14.1. The molecule has 2 aromatic carbocycles. The quantitative estimate of drug-likeness (QED) is 0.479. The van der Waals surface area contributed by atoms with E-state index < -0.39 is 33.6 Å². The maximum Gasteiger partial charge on any atom is 0.573 e. The highest BCUT2D eigenvalue weighted by atomic mass is 32.2. The summed E-state index contributed by atoms with van der Waals surface area (Å²) in [5, 5.41) is 3.78. The molecule has 3 aliphatic heterocycles. The van der Waals surface area contributed by atoms with Crippen molar-refractivity contribution >= 4 is 33.7 Å². The van der Waals surface area contributed by atoms with E-state index in [0.717, 1.165) is 41.5 Å². The Morgan fingerprint density at radius 2 is 1.70 bits per heavy atom. The third-order valence-electron chi connectivity index (χ3n) is 8.96. The lowest BCUT2D eigenvalue weighted by Crippen LogP contribution is -2.50. The number of piperidine rings is 2. The van der Waals surface area contributed by atoms with Gasteiger partial charge in [-0.15, -0.1) is 13.2 Å². The molecule has 10 nitrogen and oxygen atoms in total. The number of amidine groups is 1. The third-order valence-corrected chi connectivity index (χ3v) is 10.5. The van der Waals surface area contributed by atoms with Gasteiger partial charge in [0.25, 0.3) is 11.8 Å². The number of halogens is 3. The first-order valence-electron chi connectivity index (χ1n) is 15.1. The molecule has 2 aromatic rings. The topological polar surface area (TPSA) is 112 Å². The molecule has 1 N–H and O–H groups in total. The smallest absolute Gasteiger partial charge is 0.406 e. The van der Waals surface area contributed by atoms with E-state index in [2.05, 4.69) is 19.9 Å². The van der Waals surface area contributed by atoms with Crippen molar-refractivity contribution in [3.8, 4) is 5.75 Å². The number of likely N-dealkylation sites (tertiary alicyclic amines) is 1. The summed E-state index contributed by atoms with van der Waals surface area (Å²) < 4.78 is 69.8. The van der Waals surface area contributed by atoms with Crippen LogP contribution in [0.25, 0.3) is 6.08 Å². The summed E-state index contributed by atoms with van der Waals surface area (Å²) >= 11 is 0. The Morgan fingerprint density at radius 3 is 2.28 bits per heavy atom. The Kier molecular flexibility index (Phi) is 9.35. The lowest BCUT2D eigenvalue weighted by molar-refractivity contribution is -0.274. The zero-order chi connectivity index (χ0) is 33.4. The molecule has 14 heteroatoms. The van der Waals surface area contributed by atoms with Crippen LogP contribution in [0, 0.1) is 13.8 Å². The van der Waals surface area contributed by atoms with E-state index in [0.29, 0.717) is 30.3 Å². The minimum absolute atomic E-state index is 0.0297. The van der Waals surface area contributed by atoms with Crippen molar-refractivity contribution in [3.05, 3.63) is 69.6 Å². The van der Waals surface area contributed by atoms with E-state index in [9.17, 15) is 31.2 Å². The third kappa shape index (κ3) is 7.29. The number of aliphatic imine (C=N–C) groups is 1. The number of nitrogens with one attached hydrogen (secondary N) is 1. The number of carbonyl (C=O) groups is 2. The number of rotatable bonds is 7. The second-order valence-electron chi connectivity index (χ2n) is 12.3. The van der Waals surface area contributed by atoms with Gasteiger partial charge in [-0.3, -0.25) is 14.6 Å². The van der Waals surface area contributed by atoms with E-state index in [1.807, 2.05) is 32.8 Å². The van der Waals surface area contributed by atoms with Gasteiger partial charge in [-0.1, -0.05) is 12.1 Å². The van der Waals surface area contributed by atoms with E-state index in [1.165, 1.54) is 22.5 Å². The van der Waals surface area contributed by atoms with Gasteiger partial charge in [0.05, 0.1) is 0 Å². The Morgan fingerprint density at radius 1 is 1.07 bits per heavy atom. The van der Waals surface area contributed by atoms with Gasteiger partial charge in [0.2, 0.25) is 10.0 Å². The standard InChI is InChI=1S/C32H38F3N5O5S/c1-21-18-24(29(41)39-13-8-25(9-14-39)38(3)4)19-22(2)27(21)10-17-46(43,44)40-15-11-31(12-16-40)30(42)36-28(37-31)23-6-5-7-26(20-23)45-32(33,34)35/h5-7,10,17-20,25H,8-9,11-16H2,1-4H3,(H,36,37,42)/b17-10+. The fourth-order valence-electron chi connectivity index (χ4n) is 6.31. The lowest BCUT2D eigenvalue weighted by atomic mass is 9.89. The first kappa shape index (κ1) is 33.6. The van der Waals surface area contributed by atoms with Crippen molar-refractivity contribution in [1.82, 2.24) is 19.4 Å². The highest BCUT2D eigenvalue weighted by Crippen LogP contribution is 2.33. The number of ether oxygens (including phenoxy) is 1. The van der Waals surface area contributed by atoms with Crippen LogP contribution in [-0.4, -0.2) is 98.4 Å². The van der Waals surface area contributed by atoms with Gasteiger partial charge in [0.1, 0.15) is 17.1 Å². The van der Waals surface area contributed by atoms with Crippen molar-refractivity contribution in [2.45, 2.75) is 57.5 Å². The molecule has 2 amide bonds. The zero-order valence-electron chi connectivity index (χ0n) is 26.2. The van der Waals surface area contributed by atoms with Crippen LogP contribution in [0.2, 0.25) is 0 Å². The number of sulfonamides is 1. The Balaban J connectivity index is 1.24. The van der Waals surface area contributed by atoms with Gasteiger partial charge in [-0.25, -0.2) is 8.42 Å². The van der Waals surface area contributed by atoms with Crippen LogP contribution in [0.1, 0.15) is 58.3 Å². The van der Waals surface area contributed by atoms with Gasteiger partial charge >= 0.3 is 6.36 Å². The van der Waals surface area contributed by atoms with Gasteiger partial charge < -0.3 is 19.9 Å². The van der Waals surface area contributed by atoms with Crippen LogP contribution in [-0.2, 0) is 14.8 Å². The van der Waals surface area contributed by atoms with E-state index in [1.54, 1.807) is 12.1 Å². The number of benzene rings is 2. The van der Waals surface area contributed by atoms with Crippen molar-refractivity contribution < 1.29 is 35.9 Å². The second kappa shape index (κ2) is 12.8. The predicted molar refractivity (Wildman–Crippen MR) is 168 cm³/mol. The zero-order valence-corrected chi connectivity index (χ0v) is 27.0. The van der Waals surface area contributed by atoms with Gasteiger partial charge in [-0.2, -0.15) is 4.31 Å². The van der Waals surface area contributed by atoms with Gasteiger partial charge in [0, 0.05) is 48.8 Å². The molecule has 0 bridgehead atoms. The van der Waals surface area contributed by atoms with Crippen molar-refractivity contribution in [1.29, 1.82) is 0 Å².